The van der Waals surface area contributed by atoms with Gasteiger partial charge < -0.3 is 9.47 Å². The summed E-state index contributed by atoms with van der Waals surface area (Å²) in [5, 5.41) is 0.361. The van der Waals surface area contributed by atoms with Gasteiger partial charge in [0.1, 0.15) is 12.5 Å². The topological polar surface area (TPSA) is 81.6 Å². The Bertz CT molecular complexity index is 961. The highest BCUT2D eigenvalue weighted by molar-refractivity contribution is 7.13. The van der Waals surface area contributed by atoms with Crippen LogP contribution in [0.3, 0.4) is 0 Å². The summed E-state index contributed by atoms with van der Waals surface area (Å²) in [5.41, 5.74) is 1.03. The Balaban J connectivity index is 1.55. The highest BCUT2D eigenvalue weighted by Crippen LogP contribution is 2.50. The van der Waals surface area contributed by atoms with Crippen molar-refractivity contribution in [1.29, 1.82) is 0 Å². The van der Waals surface area contributed by atoms with Crippen LogP contribution in [-0.4, -0.2) is 49.9 Å². The Morgan fingerprint density at radius 3 is 2.83 bits per heavy atom. The van der Waals surface area contributed by atoms with Crippen molar-refractivity contribution >= 4 is 37.1 Å². The van der Waals surface area contributed by atoms with Gasteiger partial charge >= 0.3 is 5.97 Å². The van der Waals surface area contributed by atoms with Crippen molar-refractivity contribution in [3.05, 3.63) is 39.5 Å². The standard InChI is InChI=1S/C21H27N3O4SSi/c1-5-28-19(25)18-23-15-11-21(12-16(15)29-18)14-7-6-8-22-17(14)24(20(21)26)13-27-9-10-30(2,3)4/h6-8H,5,9-13H2,1-4H3. The number of fused-ring (bicyclic) bond motifs is 3. The van der Waals surface area contributed by atoms with Crippen molar-refractivity contribution in [2.45, 2.75) is 50.9 Å². The largest absolute Gasteiger partial charge is 0.461 e. The minimum Gasteiger partial charge on any atom is -0.461 e. The summed E-state index contributed by atoms with van der Waals surface area (Å²) < 4.78 is 11.0. The smallest absolute Gasteiger partial charge is 0.367 e. The van der Waals surface area contributed by atoms with Crippen LogP contribution in [0.15, 0.2) is 18.3 Å². The van der Waals surface area contributed by atoms with Gasteiger partial charge in [0.2, 0.25) is 10.9 Å². The number of rotatable bonds is 7. The summed E-state index contributed by atoms with van der Waals surface area (Å²) in [6.07, 6.45) is 2.71. The molecule has 1 aliphatic carbocycles. The molecule has 1 amide bonds. The second-order valence-electron chi connectivity index (χ2n) is 9.00. The van der Waals surface area contributed by atoms with Crippen LogP contribution in [0.2, 0.25) is 25.7 Å². The summed E-state index contributed by atoms with van der Waals surface area (Å²) >= 11 is 1.33. The van der Waals surface area contributed by atoms with E-state index in [-0.39, 0.29) is 12.6 Å². The molecule has 0 radical (unpaired) electrons. The fourth-order valence-corrected chi connectivity index (χ4v) is 5.86. The molecule has 30 heavy (non-hydrogen) atoms. The van der Waals surface area contributed by atoms with Gasteiger partial charge in [0, 0.05) is 44.2 Å². The summed E-state index contributed by atoms with van der Waals surface area (Å²) in [4.78, 5) is 37.2. The predicted octanol–water partition coefficient (Wildman–Crippen LogP) is 3.41. The first-order valence-corrected chi connectivity index (χ1v) is 14.8. The van der Waals surface area contributed by atoms with Crippen LogP contribution in [0.5, 0.6) is 0 Å². The Morgan fingerprint density at radius 2 is 2.13 bits per heavy atom. The molecular formula is C21H27N3O4SSi. The number of hydrogen-bond acceptors (Lipinski definition) is 7. The van der Waals surface area contributed by atoms with E-state index < -0.39 is 19.5 Å². The number of ether oxygens (including phenoxy) is 2. The number of hydrogen-bond donors (Lipinski definition) is 0. The normalized spacial score (nSPS) is 20.0. The van der Waals surface area contributed by atoms with Crippen LogP contribution >= 0.6 is 11.3 Å². The molecule has 1 spiro atoms. The SMILES string of the molecule is CCOC(=O)c1nc2c(s1)CC1(C2)C(=O)N(COCC[Si](C)(C)C)c2ncccc21. The fraction of sp³-hybridized carbons (Fsp3) is 0.524. The Kier molecular flexibility index (Phi) is 5.54. The predicted molar refractivity (Wildman–Crippen MR) is 118 cm³/mol. The molecule has 4 rings (SSSR count). The maximum Gasteiger partial charge on any atom is 0.367 e. The number of thiazole rings is 1. The second kappa shape index (κ2) is 7.86. The van der Waals surface area contributed by atoms with Crippen LogP contribution in [0.4, 0.5) is 5.82 Å². The lowest BCUT2D eigenvalue weighted by Gasteiger charge is -2.23. The average molecular weight is 446 g/mol. The van der Waals surface area contributed by atoms with Gasteiger partial charge in [0.05, 0.1) is 17.7 Å². The molecule has 1 atom stereocenters. The van der Waals surface area contributed by atoms with Gasteiger partial charge in [0.15, 0.2) is 0 Å². The molecule has 2 aromatic heterocycles. The van der Waals surface area contributed by atoms with Gasteiger partial charge in [-0.1, -0.05) is 25.7 Å². The second-order valence-corrected chi connectivity index (χ2v) is 15.7. The molecular weight excluding hydrogens is 418 g/mol. The van der Waals surface area contributed by atoms with Gasteiger partial charge in [-0.2, -0.15) is 0 Å². The van der Waals surface area contributed by atoms with Crippen molar-refractivity contribution in [2.75, 3.05) is 24.8 Å². The van der Waals surface area contributed by atoms with E-state index >= 15 is 0 Å². The van der Waals surface area contributed by atoms with E-state index in [4.69, 9.17) is 9.47 Å². The third-order valence-electron chi connectivity index (χ3n) is 5.59. The molecule has 2 aromatic rings. The molecule has 0 saturated carbocycles. The lowest BCUT2D eigenvalue weighted by molar-refractivity contribution is -0.124. The van der Waals surface area contributed by atoms with E-state index in [0.717, 1.165) is 22.2 Å². The maximum atomic E-state index is 13.6. The number of nitrogens with zero attached hydrogens (tertiary/aromatic N) is 3. The zero-order chi connectivity index (χ0) is 21.5. The molecule has 0 saturated heterocycles. The lowest BCUT2D eigenvalue weighted by Crippen LogP contribution is -2.42. The molecule has 7 nitrogen and oxygen atoms in total. The van der Waals surface area contributed by atoms with E-state index in [0.29, 0.717) is 36.9 Å². The summed E-state index contributed by atoms with van der Waals surface area (Å²) in [6.45, 7) is 9.86. The minimum absolute atomic E-state index is 0.00656. The first-order valence-electron chi connectivity index (χ1n) is 10.3. The molecule has 0 bridgehead atoms. The first kappa shape index (κ1) is 21.1. The third-order valence-corrected chi connectivity index (χ3v) is 8.37. The van der Waals surface area contributed by atoms with Crippen LogP contribution in [0, 0.1) is 0 Å². The molecule has 2 aliphatic rings. The summed E-state index contributed by atoms with van der Waals surface area (Å²) in [5.74, 6) is 0.284. The molecule has 0 fully saturated rings. The van der Waals surface area contributed by atoms with E-state index in [9.17, 15) is 9.59 Å². The van der Waals surface area contributed by atoms with Gasteiger partial charge in [-0.05, 0) is 19.0 Å². The van der Waals surface area contributed by atoms with Gasteiger partial charge in [0.25, 0.3) is 0 Å². The highest BCUT2D eigenvalue weighted by atomic mass is 32.1. The first-order chi connectivity index (χ1) is 14.2. The van der Waals surface area contributed by atoms with E-state index in [1.807, 2.05) is 12.1 Å². The number of anilines is 1. The Hall–Kier alpha value is -2.10. The van der Waals surface area contributed by atoms with Crippen molar-refractivity contribution in [1.82, 2.24) is 9.97 Å². The molecule has 9 heteroatoms. The zero-order valence-electron chi connectivity index (χ0n) is 17.9. The number of amides is 1. The molecule has 0 aromatic carbocycles. The van der Waals surface area contributed by atoms with Crippen molar-refractivity contribution in [2.24, 2.45) is 0 Å². The number of carbonyl (C=O) groups is 2. The zero-order valence-corrected chi connectivity index (χ0v) is 19.7. The number of pyridine rings is 1. The Morgan fingerprint density at radius 1 is 1.33 bits per heavy atom. The van der Waals surface area contributed by atoms with Crippen molar-refractivity contribution in [3.63, 3.8) is 0 Å². The van der Waals surface area contributed by atoms with Crippen LogP contribution in [0.1, 0.15) is 32.9 Å². The molecule has 1 aliphatic heterocycles. The molecule has 1 unspecified atom stereocenters. The molecule has 0 N–H and O–H groups in total. The quantitative estimate of drug-likeness (QED) is 0.369. The maximum absolute atomic E-state index is 13.6. The van der Waals surface area contributed by atoms with Gasteiger partial charge in [-0.25, -0.2) is 14.8 Å². The molecule has 160 valence electrons. The number of aromatic nitrogens is 2. The van der Waals surface area contributed by atoms with Crippen molar-refractivity contribution in [3.8, 4) is 0 Å². The summed E-state index contributed by atoms with van der Waals surface area (Å²) in [6, 6.07) is 4.89. The number of esters is 1. The van der Waals surface area contributed by atoms with Gasteiger partial charge in [-0.15, -0.1) is 11.3 Å². The van der Waals surface area contributed by atoms with E-state index in [1.165, 1.54) is 11.3 Å². The lowest BCUT2D eigenvalue weighted by atomic mass is 9.80. The summed E-state index contributed by atoms with van der Waals surface area (Å²) in [7, 11) is -1.20. The highest BCUT2D eigenvalue weighted by Gasteiger charge is 2.55. The average Bonchev–Trinajstić information content (AvgIpc) is 3.30. The third kappa shape index (κ3) is 3.70. The van der Waals surface area contributed by atoms with Gasteiger partial charge in [-0.3, -0.25) is 9.69 Å². The van der Waals surface area contributed by atoms with E-state index in [1.54, 1.807) is 18.0 Å². The van der Waals surface area contributed by atoms with Crippen LogP contribution < -0.4 is 4.90 Å². The monoisotopic (exact) mass is 445 g/mol. The van der Waals surface area contributed by atoms with E-state index in [2.05, 4.69) is 29.6 Å². The Labute approximate surface area is 181 Å². The van der Waals surface area contributed by atoms with Crippen LogP contribution in [0.25, 0.3) is 0 Å². The number of carbonyl (C=O) groups excluding carboxylic acids is 2. The molecule has 3 heterocycles. The minimum atomic E-state index is -1.20. The van der Waals surface area contributed by atoms with Crippen LogP contribution in [-0.2, 0) is 32.5 Å². The van der Waals surface area contributed by atoms with Crippen molar-refractivity contribution < 1.29 is 19.1 Å². The fourth-order valence-electron chi connectivity index (χ4n) is 4.01.